The molecular formula is C14H19N3O4. The lowest BCUT2D eigenvalue weighted by Crippen LogP contribution is -2.35. The molecule has 0 spiro atoms. The van der Waals surface area contributed by atoms with Crippen molar-refractivity contribution in [3.63, 3.8) is 0 Å². The highest BCUT2D eigenvalue weighted by Gasteiger charge is 2.19. The molecule has 1 aliphatic rings. The van der Waals surface area contributed by atoms with Crippen LogP contribution in [0.5, 0.6) is 5.75 Å². The first-order valence-electron chi connectivity index (χ1n) is 7.00. The molecule has 1 saturated heterocycles. The molecule has 1 fully saturated rings. The lowest BCUT2D eigenvalue weighted by atomic mass is 10.2. The van der Waals surface area contributed by atoms with Gasteiger partial charge >= 0.3 is 11.7 Å². The molecule has 7 heteroatoms. The second kappa shape index (κ2) is 6.92. The molecule has 1 aliphatic heterocycles. The second-order valence-corrected chi connectivity index (χ2v) is 4.98. The first-order chi connectivity index (χ1) is 10.1. The van der Waals surface area contributed by atoms with Crippen molar-refractivity contribution in [1.82, 2.24) is 4.90 Å². The van der Waals surface area contributed by atoms with Crippen LogP contribution in [0.4, 0.5) is 16.2 Å². The third-order valence-corrected chi connectivity index (χ3v) is 3.52. The summed E-state index contributed by atoms with van der Waals surface area (Å²) in [4.78, 5) is 24.4. The van der Waals surface area contributed by atoms with Gasteiger partial charge < -0.3 is 15.0 Å². The third-order valence-electron chi connectivity index (χ3n) is 3.52. The summed E-state index contributed by atoms with van der Waals surface area (Å²) in [6.45, 7) is 1.45. The number of carbonyl (C=O) groups is 1. The minimum Gasteiger partial charge on any atom is -0.490 e. The van der Waals surface area contributed by atoms with Crippen molar-refractivity contribution >= 4 is 17.4 Å². The van der Waals surface area contributed by atoms with E-state index in [0.29, 0.717) is 5.69 Å². The molecule has 0 radical (unpaired) electrons. The summed E-state index contributed by atoms with van der Waals surface area (Å²) >= 11 is 0. The summed E-state index contributed by atoms with van der Waals surface area (Å²) in [7, 11) is 1.37. The number of urea groups is 1. The number of nitrogens with zero attached hydrogens (tertiary/aromatic N) is 2. The Balaban J connectivity index is 2.09. The average molecular weight is 293 g/mol. The molecule has 7 nitrogen and oxygen atoms in total. The molecule has 1 heterocycles. The van der Waals surface area contributed by atoms with Crippen LogP contribution < -0.4 is 10.1 Å². The van der Waals surface area contributed by atoms with Crippen LogP contribution in [-0.4, -0.2) is 36.1 Å². The number of nitro groups is 1. The maximum Gasteiger partial charge on any atom is 0.321 e. The fourth-order valence-electron chi connectivity index (χ4n) is 2.39. The Morgan fingerprint density at radius 1 is 1.29 bits per heavy atom. The number of likely N-dealkylation sites (tertiary alicyclic amines) is 1. The lowest BCUT2D eigenvalue weighted by molar-refractivity contribution is -0.385. The Morgan fingerprint density at radius 3 is 2.52 bits per heavy atom. The molecule has 0 saturated carbocycles. The number of methoxy groups -OCH3 is 1. The van der Waals surface area contributed by atoms with Crippen LogP contribution in [0.3, 0.4) is 0 Å². The Morgan fingerprint density at radius 2 is 1.95 bits per heavy atom. The summed E-state index contributed by atoms with van der Waals surface area (Å²) in [6, 6.07) is 4.18. The topological polar surface area (TPSA) is 84.7 Å². The van der Waals surface area contributed by atoms with E-state index in [0.717, 1.165) is 38.8 Å². The number of nitrogens with one attached hydrogen (secondary N) is 1. The van der Waals surface area contributed by atoms with Crippen LogP contribution in [0.25, 0.3) is 0 Å². The van der Waals surface area contributed by atoms with Crippen LogP contribution in [0.15, 0.2) is 18.2 Å². The van der Waals surface area contributed by atoms with Crippen LogP contribution in [0, 0.1) is 10.1 Å². The summed E-state index contributed by atoms with van der Waals surface area (Å²) in [5, 5.41) is 13.7. The summed E-state index contributed by atoms with van der Waals surface area (Å²) in [6.07, 6.45) is 4.27. The van der Waals surface area contributed by atoms with Crippen molar-refractivity contribution in [3.05, 3.63) is 28.3 Å². The van der Waals surface area contributed by atoms with E-state index >= 15 is 0 Å². The monoisotopic (exact) mass is 293 g/mol. The zero-order valence-electron chi connectivity index (χ0n) is 12.0. The molecule has 1 aromatic rings. The van der Waals surface area contributed by atoms with Crippen LogP contribution in [0.2, 0.25) is 0 Å². The standard InChI is InChI=1S/C14H19N3O4/c1-21-13-7-6-11(10-12(13)17(19)20)15-14(18)16-8-4-2-3-5-9-16/h6-7,10H,2-5,8-9H2,1H3,(H,15,18). The van der Waals surface area contributed by atoms with Gasteiger partial charge in [0.15, 0.2) is 5.75 Å². The summed E-state index contributed by atoms with van der Waals surface area (Å²) in [5.41, 5.74) is 0.239. The highest BCUT2D eigenvalue weighted by atomic mass is 16.6. The lowest BCUT2D eigenvalue weighted by Gasteiger charge is -2.20. The van der Waals surface area contributed by atoms with Gasteiger partial charge in [-0.3, -0.25) is 10.1 Å². The minimum atomic E-state index is -0.527. The van der Waals surface area contributed by atoms with E-state index < -0.39 is 4.92 Å². The van der Waals surface area contributed by atoms with E-state index in [-0.39, 0.29) is 17.5 Å². The highest BCUT2D eigenvalue weighted by molar-refractivity contribution is 5.90. The Labute approximate surface area is 123 Å². The van der Waals surface area contributed by atoms with Gasteiger partial charge in [-0.2, -0.15) is 0 Å². The van der Waals surface area contributed by atoms with Crippen LogP contribution >= 0.6 is 0 Å². The van der Waals surface area contributed by atoms with E-state index in [1.54, 1.807) is 11.0 Å². The van der Waals surface area contributed by atoms with Crippen molar-refractivity contribution in [3.8, 4) is 5.75 Å². The number of amides is 2. The van der Waals surface area contributed by atoms with Crippen molar-refractivity contribution in [1.29, 1.82) is 0 Å². The number of hydrogen-bond acceptors (Lipinski definition) is 4. The van der Waals surface area contributed by atoms with Crippen LogP contribution in [0.1, 0.15) is 25.7 Å². The zero-order chi connectivity index (χ0) is 15.2. The Bertz CT molecular complexity index is 525. The minimum absolute atomic E-state index is 0.161. The van der Waals surface area contributed by atoms with E-state index in [1.807, 2.05) is 0 Å². The first-order valence-corrected chi connectivity index (χ1v) is 7.00. The zero-order valence-corrected chi connectivity index (χ0v) is 12.0. The molecule has 1 N–H and O–H groups in total. The Kier molecular flexibility index (Phi) is 4.97. The van der Waals surface area contributed by atoms with Crippen molar-refractivity contribution < 1.29 is 14.5 Å². The van der Waals surface area contributed by atoms with Gasteiger partial charge in [-0.15, -0.1) is 0 Å². The maximum absolute atomic E-state index is 12.2. The predicted octanol–water partition coefficient (Wildman–Crippen LogP) is 3.01. The maximum atomic E-state index is 12.2. The average Bonchev–Trinajstić information content (AvgIpc) is 2.76. The van der Waals surface area contributed by atoms with Gasteiger partial charge in [-0.05, 0) is 25.0 Å². The molecule has 1 aromatic carbocycles. The van der Waals surface area contributed by atoms with Gasteiger partial charge in [0.1, 0.15) is 0 Å². The third kappa shape index (κ3) is 3.84. The molecule has 0 aliphatic carbocycles. The van der Waals surface area contributed by atoms with Gasteiger partial charge in [0.25, 0.3) is 0 Å². The number of carbonyl (C=O) groups excluding carboxylic acids is 1. The first kappa shape index (κ1) is 15.1. The molecule has 114 valence electrons. The van der Waals surface area contributed by atoms with Gasteiger partial charge in [-0.1, -0.05) is 12.8 Å². The number of ether oxygens (including phenoxy) is 1. The normalized spacial score (nSPS) is 15.2. The molecule has 2 rings (SSSR count). The van der Waals surface area contributed by atoms with E-state index in [9.17, 15) is 14.9 Å². The fraction of sp³-hybridized carbons (Fsp3) is 0.500. The van der Waals surface area contributed by atoms with Crippen molar-refractivity contribution in [2.75, 3.05) is 25.5 Å². The van der Waals surface area contributed by atoms with Crippen molar-refractivity contribution in [2.24, 2.45) is 0 Å². The van der Waals surface area contributed by atoms with Gasteiger partial charge in [0.2, 0.25) is 0 Å². The van der Waals surface area contributed by atoms with Crippen molar-refractivity contribution in [2.45, 2.75) is 25.7 Å². The summed E-state index contributed by atoms with van der Waals surface area (Å²) in [5.74, 6) is 0.174. The molecule has 0 atom stereocenters. The number of hydrogen-bond donors (Lipinski definition) is 1. The van der Waals surface area contributed by atoms with E-state index in [2.05, 4.69) is 5.32 Å². The van der Waals surface area contributed by atoms with E-state index in [1.165, 1.54) is 19.2 Å². The number of nitro benzene ring substituents is 1. The molecular weight excluding hydrogens is 274 g/mol. The molecule has 21 heavy (non-hydrogen) atoms. The SMILES string of the molecule is COc1ccc(NC(=O)N2CCCCCC2)cc1[N+](=O)[O-]. The van der Waals surface area contributed by atoms with E-state index in [4.69, 9.17) is 4.74 Å². The highest BCUT2D eigenvalue weighted by Crippen LogP contribution is 2.29. The molecule has 0 unspecified atom stereocenters. The summed E-state index contributed by atoms with van der Waals surface area (Å²) < 4.78 is 4.93. The number of rotatable bonds is 3. The second-order valence-electron chi connectivity index (χ2n) is 4.98. The molecule has 0 bridgehead atoms. The van der Waals surface area contributed by atoms with Gasteiger partial charge in [0, 0.05) is 24.8 Å². The molecule has 2 amide bonds. The largest absolute Gasteiger partial charge is 0.490 e. The predicted molar refractivity (Wildman–Crippen MR) is 78.7 cm³/mol. The van der Waals surface area contributed by atoms with Gasteiger partial charge in [0.05, 0.1) is 12.0 Å². The van der Waals surface area contributed by atoms with Gasteiger partial charge in [-0.25, -0.2) is 4.79 Å². The number of anilines is 1. The van der Waals surface area contributed by atoms with Crippen LogP contribution in [-0.2, 0) is 0 Å². The smallest absolute Gasteiger partial charge is 0.321 e. The molecule has 0 aromatic heterocycles. The number of benzene rings is 1. The fourth-order valence-corrected chi connectivity index (χ4v) is 2.39. The Hall–Kier alpha value is -2.31. The quantitative estimate of drug-likeness (QED) is 0.685.